The Bertz CT molecular complexity index is 708. The summed E-state index contributed by atoms with van der Waals surface area (Å²) in [5, 5.41) is 26.6. The van der Waals surface area contributed by atoms with Gasteiger partial charge in [-0.15, -0.1) is 0 Å². The molecule has 2 heterocycles. The third kappa shape index (κ3) is 2.58. The highest BCUT2D eigenvalue weighted by atomic mass is 35.5. The summed E-state index contributed by atoms with van der Waals surface area (Å²) in [4.78, 5) is 4.15. The van der Waals surface area contributed by atoms with Gasteiger partial charge in [0.1, 0.15) is 11.9 Å². The van der Waals surface area contributed by atoms with E-state index in [0.717, 1.165) is 5.56 Å². The van der Waals surface area contributed by atoms with Crippen LogP contribution in [0, 0.1) is 18.3 Å². The van der Waals surface area contributed by atoms with Gasteiger partial charge in [0.2, 0.25) is 0 Å². The molecule has 0 unspecified atom stereocenters. The molecule has 1 aliphatic rings. The SMILES string of the molecule is Cc1cnn([C@H]2[C@H](O)C[C@@H]2Nc2ncc(C#N)cc2Cl)c1. The molecular weight excluding hydrogens is 290 g/mol. The van der Waals surface area contributed by atoms with Crippen molar-refractivity contribution in [1.82, 2.24) is 14.8 Å². The second-order valence-electron chi connectivity index (χ2n) is 5.21. The van der Waals surface area contributed by atoms with Gasteiger partial charge >= 0.3 is 0 Å². The molecule has 0 bridgehead atoms. The molecule has 2 aromatic heterocycles. The average molecular weight is 304 g/mol. The highest BCUT2D eigenvalue weighted by Crippen LogP contribution is 2.35. The third-order valence-corrected chi connectivity index (χ3v) is 3.92. The second kappa shape index (κ2) is 5.35. The van der Waals surface area contributed by atoms with Crippen molar-refractivity contribution in [2.45, 2.75) is 31.5 Å². The molecule has 0 spiro atoms. The Morgan fingerprint density at radius 3 is 2.90 bits per heavy atom. The summed E-state index contributed by atoms with van der Waals surface area (Å²) < 4.78 is 1.76. The number of nitrogens with zero attached hydrogens (tertiary/aromatic N) is 4. The zero-order valence-corrected chi connectivity index (χ0v) is 12.1. The molecule has 0 aromatic carbocycles. The number of rotatable bonds is 3. The number of nitriles is 1. The molecule has 0 saturated heterocycles. The maximum Gasteiger partial charge on any atom is 0.145 e. The average Bonchev–Trinajstić information content (AvgIpc) is 2.85. The number of aliphatic hydroxyl groups excluding tert-OH is 1. The van der Waals surface area contributed by atoms with Crippen molar-refractivity contribution in [2.75, 3.05) is 5.32 Å². The van der Waals surface area contributed by atoms with Crippen LogP contribution in [0.25, 0.3) is 0 Å². The first-order valence-electron chi connectivity index (χ1n) is 6.59. The molecule has 1 saturated carbocycles. The lowest BCUT2D eigenvalue weighted by molar-refractivity contribution is 0.0133. The van der Waals surface area contributed by atoms with Crippen molar-refractivity contribution in [2.24, 2.45) is 0 Å². The first kappa shape index (κ1) is 13.9. The minimum Gasteiger partial charge on any atom is -0.391 e. The number of nitrogens with one attached hydrogen (secondary N) is 1. The van der Waals surface area contributed by atoms with Crippen LogP contribution in [-0.2, 0) is 0 Å². The largest absolute Gasteiger partial charge is 0.391 e. The van der Waals surface area contributed by atoms with Gasteiger partial charge in [-0.05, 0) is 25.0 Å². The van der Waals surface area contributed by atoms with Crippen LogP contribution in [-0.4, -0.2) is 32.0 Å². The molecule has 1 aliphatic carbocycles. The first-order chi connectivity index (χ1) is 10.1. The van der Waals surface area contributed by atoms with E-state index in [1.165, 1.54) is 6.20 Å². The molecule has 6 nitrogen and oxygen atoms in total. The van der Waals surface area contributed by atoms with E-state index in [-0.39, 0.29) is 12.1 Å². The van der Waals surface area contributed by atoms with Crippen LogP contribution >= 0.6 is 11.6 Å². The molecule has 2 N–H and O–H groups in total. The lowest BCUT2D eigenvalue weighted by atomic mass is 9.83. The Hall–Kier alpha value is -2.10. The molecule has 3 atom stereocenters. The molecule has 21 heavy (non-hydrogen) atoms. The van der Waals surface area contributed by atoms with Crippen molar-refractivity contribution < 1.29 is 5.11 Å². The van der Waals surface area contributed by atoms with E-state index < -0.39 is 6.10 Å². The van der Waals surface area contributed by atoms with Crippen molar-refractivity contribution in [3.8, 4) is 6.07 Å². The summed E-state index contributed by atoms with van der Waals surface area (Å²) in [6, 6.07) is 3.41. The summed E-state index contributed by atoms with van der Waals surface area (Å²) in [5.41, 5.74) is 1.46. The molecule has 0 radical (unpaired) electrons. The quantitative estimate of drug-likeness (QED) is 0.904. The van der Waals surface area contributed by atoms with E-state index in [0.29, 0.717) is 22.8 Å². The number of aryl methyl sites for hydroxylation is 1. The van der Waals surface area contributed by atoms with E-state index in [1.807, 2.05) is 19.2 Å². The smallest absolute Gasteiger partial charge is 0.145 e. The van der Waals surface area contributed by atoms with E-state index in [2.05, 4.69) is 15.4 Å². The van der Waals surface area contributed by atoms with E-state index in [9.17, 15) is 5.11 Å². The molecule has 0 amide bonds. The first-order valence-corrected chi connectivity index (χ1v) is 6.97. The molecule has 2 aromatic rings. The normalized spacial score (nSPS) is 24.2. The zero-order valence-electron chi connectivity index (χ0n) is 11.4. The van der Waals surface area contributed by atoms with Crippen LogP contribution in [0.15, 0.2) is 24.7 Å². The Labute approximate surface area is 127 Å². The Kier molecular flexibility index (Phi) is 3.53. The number of aromatic nitrogens is 3. The summed E-state index contributed by atoms with van der Waals surface area (Å²) in [6.07, 6.45) is 5.28. The highest BCUT2D eigenvalue weighted by molar-refractivity contribution is 6.33. The fourth-order valence-corrected chi connectivity index (χ4v) is 2.71. The fourth-order valence-electron chi connectivity index (χ4n) is 2.49. The minimum absolute atomic E-state index is 0.00256. The summed E-state index contributed by atoms with van der Waals surface area (Å²) in [6.45, 7) is 1.95. The maximum absolute atomic E-state index is 9.97. The van der Waals surface area contributed by atoms with Gasteiger partial charge in [0.15, 0.2) is 0 Å². The van der Waals surface area contributed by atoms with Crippen molar-refractivity contribution in [3.63, 3.8) is 0 Å². The second-order valence-corrected chi connectivity index (χ2v) is 5.62. The lowest BCUT2D eigenvalue weighted by Gasteiger charge is -2.42. The highest BCUT2D eigenvalue weighted by Gasteiger charge is 2.42. The molecule has 1 fully saturated rings. The van der Waals surface area contributed by atoms with Crippen LogP contribution in [0.4, 0.5) is 5.82 Å². The van der Waals surface area contributed by atoms with Gasteiger partial charge < -0.3 is 10.4 Å². The van der Waals surface area contributed by atoms with Gasteiger partial charge in [-0.25, -0.2) is 4.98 Å². The Morgan fingerprint density at radius 1 is 1.52 bits per heavy atom. The van der Waals surface area contributed by atoms with Crippen LogP contribution in [0.3, 0.4) is 0 Å². The molecule has 0 aliphatic heterocycles. The molecule has 3 rings (SSSR count). The predicted molar refractivity (Wildman–Crippen MR) is 78.0 cm³/mol. The van der Waals surface area contributed by atoms with E-state index >= 15 is 0 Å². The standard InChI is InChI=1S/C14H14ClN5O/c1-8-5-18-20(7-8)13-11(3-12(13)21)19-14-10(15)2-9(4-16)6-17-14/h2,5-7,11-13,21H,3H2,1H3,(H,17,19)/t11-,12+,13+/m0/s1. The Morgan fingerprint density at radius 2 is 2.33 bits per heavy atom. The summed E-state index contributed by atoms with van der Waals surface area (Å²) in [5.74, 6) is 0.515. The Balaban J connectivity index is 1.78. The number of hydrogen-bond donors (Lipinski definition) is 2. The topological polar surface area (TPSA) is 86.8 Å². The van der Waals surface area contributed by atoms with Crippen LogP contribution < -0.4 is 5.32 Å². The van der Waals surface area contributed by atoms with Gasteiger partial charge in [0.05, 0.1) is 35.0 Å². The van der Waals surface area contributed by atoms with Crippen LogP contribution in [0.2, 0.25) is 5.02 Å². The number of aliphatic hydroxyl groups is 1. The van der Waals surface area contributed by atoms with Crippen LogP contribution in [0.5, 0.6) is 0 Å². The van der Waals surface area contributed by atoms with Gasteiger partial charge in [0.25, 0.3) is 0 Å². The van der Waals surface area contributed by atoms with E-state index in [1.54, 1.807) is 16.9 Å². The third-order valence-electron chi connectivity index (χ3n) is 3.63. The number of halogens is 1. The molecule has 7 heteroatoms. The summed E-state index contributed by atoms with van der Waals surface area (Å²) >= 11 is 6.11. The van der Waals surface area contributed by atoms with Gasteiger partial charge in [-0.1, -0.05) is 11.6 Å². The number of hydrogen-bond acceptors (Lipinski definition) is 5. The predicted octanol–water partition coefficient (Wildman–Crippen LogP) is 1.90. The zero-order chi connectivity index (χ0) is 15.0. The van der Waals surface area contributed by atoms with Crippen molar-refractivity contribution in [1.29, 1.82) is 5.26 Å². The minimum atomic E-state index is -0.445. The lowest BCUT2D eigenvalue weighted by Crippen LogP contribution is -2.51. The van der Waals surface area contributed by atoms with Crippen LogP contribution in [0.1, 0.15) is 23.6 Å². The maximum atomic E-state index is 9.97. The molecule has 108 valence electrons. The number of anilines is 1. The van der Waals surface area contributed by atoms with Crippen molar-refractivity contribution in [3.05, 3.63) is 40.8 Å². The number of pyridine rings is 1. The molecular formula is C14H14ClN5O. The fraction of sp³-hybridized carbons (Fsp3) is 0.357. The summed E-state index contributed by atoms with van der Waals surface area (Å²) in [7, 11) is 0. The van der Waals surface area contributed by atoms with Gasteiger partial charge in [-0.2, -0.15) is 10.4 Å². The van der Waals surface area contributed by atoms with Gasteiger partial charge in [0, 0.05) is 12.4 Å². The van der Waals surface area contributed by atoms with E-state index in [4.69, 9.17) is 16.9 Å². The monoisotopic (exact) mass is 303 g/mol. The van der Waals surface area contributed by atoms with Gasteiger partial charge in [-0.3, -0.25) is 4.68 Å². The van der Waals surface area contributed by atoms with Crippen molar-refractivity contribution >= 4 is 17.4 Å².